The molecule has 20 heavy (non-hydrogen) atoms. The zero-order valence-electron chi connectivity index (χ0n) is 11.3. The van der Waals surface area contributed by atoms with Crippen molar-refractivity contribution in [2.24, 2.45) is 0 Å². The molecule has 0 spiro atoms. The fourth-order valence-electron chi connectivity index (χ4n) is 2.16. The maximum atomic E-state index is 6.29. The number of thiophene rings is 1. The van der Waals surface area contributed by atoms with Gasteiger partial charge < -0.3 is 5.32 Å². The molecule has 0 aliphatic rings. The highest BCUT2D eigenvalue weighted by Gasteiger charge is 2.18. The standard InChI is InChI=1S/C15H16Cl3NS/c1-3-12(13-5-4-8-20-13)19-9(2)10-6-7-11(16)15(18)14(10)17/h4-9,12,19H,3H2,1-2H3. The second-order valence-corrected chi connectivity index (χ2v) is 6.77. The van der Waals surface area contributed by atoms with E-state index in [-0.39, 0.29) is 6.04 Å². The van der Waals surface area contributed by atoms with Gasteiger partial charge >= 0.3 is 0 Å². The molecule has 0 saturated carbocycles. The molecule has 1 heterocycles. The van der Waals surface area contributed by atoms with E-state index in [1.165, 1.54) is 4.88 Å². The SMILES string of the molecule is CCC(NC(C)c1ccc(Cl)c(Cl)c1Cl)c1cccs1. The van der Waals surface area contributed by atoms with Gasteiger partial charge in [0.05, 0.1) is 15.1 Å². The molecule has 1 N–H and O–H groups in total. The first-order chi connectivity index (χ1) is 9.54. The second kappa shape index (κ2) is 7.15. The van der Waals surface area contributed by atoms with Crippen molar-refractivity contribution in [1.29, 1.82) is 0 Å². The van der Waals surface area contributed by atoms with E-state index in [1.54, 1.807) is 17.4 Å². The van der Waals surface area contributed by atoms with Gasteiger partial charge in [0.25, 0.3) is 0 Å². The average molecular weight is 349 g/mol. The molecule has 1 aromatic carbocycles. The Hall–Kier alpha value is -0.250. The maximum Gasteiger partial charge on any atom is 0.0781 e. The van der Waals surface area contributed by atoms with Gasteiger partial charge in [-0.2, -0.15) is 0 Å². The van der Waals surface area contributed by atoms with Crippen LogP contribution in [0.5, 0.6) is 0 Å². The van der Waals surface area contributed by atoms with Crippen LogP contribution in [0.15, 0.2) is 29.6 Å². The van der Waals surface area contributed by atoms with Crippen LogP contribution in [0.2, 0.25) is 15.1 Å². The van der Waals surface area contributed by atoms with Crippen LogP contribution in [-0.2, 0) is 0 Å². The van der Waals surface area contributed by atoms with Gasteiger partial charge in [0, 0.05) is 17.0 Å². The molecular formula is C15H16Cl3NS. The average Bonchev–Trinajstić information content (AvgIpc) is 2.96. The molecule has 1 aromatic heterocycles. The Balaban J connectivity index is 2.19. The highest BCUT2D eigenvalue weighted by molar-refractivity contribution is 7.10. The lowest BCUT2D eigenvalue weighted by Gasteiger charge is -2.23. The van der Waals surface area contributed by atoms with Crippen molar-refractivity contribution in [3.63, 3.8) is 0 Å². The lowest BCUT2D eigenvalue weighted by Crippen LogP contribution is -2.23. The summed E-state index contributed by atoms with van der Waals surface area (Å²) in [5, 5.41) is 7.12. The summed E-state index contributed by atoms with van der Waals surface area (Å²) in [5.41, 5.74) is 0.969. The molecule has 0 bridgehead atoms. The normalized spacial score (nSPS) is 14.2. The summed E-state index contributed by atoms with van der Waals surface area (Å²) in [6.07, 6.45) is 1.02. The summed E-state index contributed by atoms with van der Waals surface area (Å²) < 4.78 is 0. The van der Waals surface area contributed by atoms with Gasteiger partial charge in [-0.3, -0.25) is 0 Å². The molecule has 0 saturated heterocycles. The van der Waals surface area contributed by atoms with E-state index < -0.39 is 0 Å². The van der Waals surface area contributed by atoms with Crippen LogP contribution in [-0.4, -0.2) is 0 Å². The Morgan fingerprint density at radius 3 is 2.50 bits per heavy atom. The number of benzene rings is 1. The van der Waals surface area contributed by atoms with Crippen molar-refractivity contribution in [1.82, 2.24) is 5.32 Å². The molecule has 0 aliphatic carbocycles. The number of hydrogen-bond donors (Lipinski definition) is 1. The minimum absolute atomic E-state index is 0.101. The van der Waals surface area contributed by atoms with Gasteiger partial charge in [0.1, 0.15) is 0 Å². The monoisotopic (exact) mass is 347 g/mol. The van der Waals surface area contributed by atoms with Crippen LogP contribution in [0.25, 0.3) is 0 Å². The lowest BCUT2D eigenvalue weighted by atomic mass is 10.1. The smallest absolute Gasteiger partial charge is 0.0781 e. The number of hydrogen-bond acceptors (Lipinski definition) is 2. The lowest BCUT2D eigenvalue weighted by molar-refractivity contribution is 0.462. The topological polar surface area (TPSA) is 12.0 Å². The molecule has 2 unspecified atom stereocenters. The first-order valence-electron chi connectivity index (χ1n) is 6.47. The van der Waals surface area contributed by atoms with Crippen LogP contribution in [0.3, 0.4) is 0 Å². The van der Waals surface area contributed by atoms with E-state index in [4.69, 9.17) is 34.8 Å². The van der Waals surface area contributed by atoms with Crippen molar-refractivity contribution in [2.45, 2.75) is 32.4 Å². The van der Waals surface area contributed by atoms with E-state index >= 15 is 0 Å². The molecule has 2 rings (SSSR count). The van der Waals surface area contributed by atoms with Crippen molar-refractivity contribution in [2.75, 3.05) is 0 Å². The van der Waals surface area contributed by atoms with Crippen molar-refractivity contribution in [3.8, 4) is 0 Å². The maximum absolute atomic E-state index is 6.29. The minimum atomic E-state index is 0.101. The zero-order valence-corrected chi connectivity index (χ0v) is 14.4. The molecule has 0 amide bonds. The summed E-state index contributed by atoms with van der Waals surface area (Å²) in [6, 6.07) is 8.35. The Morgan fingerprint density at radius 1 is 1.15 bits per heavy atom. The van der Waals surface area contributed by atoms with Crippen molar-refractivity contribution < 1.29 is 0 Å². The third-order valence-corrected chi connectivity index (χ3v) is 5.57. The summed E-state index contributed by atoms with van der Waals surface area (Å²) in [7, 11) is 0. The Bertz CT molecular complexity index is 569. The fourth-order valence-corrected chi connectivity index (χ4v) is 3.73. The van der Waals surface area contributed by atoms with Gasteiger partial charge in [-0.15, -0.1) is 11.3 Å². The zero-order chi connectivity index (χ0) is 14.7. The van der Waals surface area contributed by atoms with Gasteiger partial charge in [0.2, 0.25) is 0 Å². The summed E-state index contributed by atoms with van der Waals surface area (Å²) in [5.74, 6) is 0. The van der Waals surface area contributed by atoms with Crippen LogP contribution in [0, 0.1) is 0 Å². The van der Waals surface area contributed by atoms with E-state index in [9.17, 15) is 0 Å². The van der Waals surface area contributed by atoms with E-state index in [1.807, 2.05) is 6.07 Å². The second-order valence-electron chi connectivity index (χ2n) is 4.63. The molecule has 2 atom stereocenters. The summed E-state index contributed by atoms with van der Waals surface area (Å²) in [4.78, 5) is 1.33. The quantitative estimate of drug-likeness (QED) is 0.607. The van der Waals surface area contributed by atoms with Crippen molar-refractivity contribution >= 4 is 46.1 Å². The highest BCUT2D eigenvalue weighted by atomic mass is 35.5. The number of nitrogens with one attached hydrogen (secondary N) is 1. The Kier molecular flexibility index (Phi) is 5.76. The predicted molar refractivity (Wildman–Crippen MR) is 90.4 cm³/mol. The third-order valence-electron chi connectivity index (χ3n) is 3.28. The van der Waals surface area contributed by atoms with Crippen LogP contribution < -0.4 is 5.32 Å². The fraction of sp³-hybridized carbons (Fsp3) is 0.333. The highest BCUT2D eigenvalue weighted by Crippen LogP contribution is 2.36. The van der Waals surface area contributed by atoms with E-state index in [0.717, 1.165) is 12.0 Å². The summed E-state index contributed by atoms with van der Waals surface area (Å²) >= 11 is 20.1. The van der Waals surface area contributed by atoms with Gasteiger partial charge in [0.15, 0.2) is 0 Å². The van der Waals surface area contributed by atoms with Crippen LogP contribution in [0.4, 0.5) is 0 Å². The minimum Gasteiger partial charge on any atom is -0.303 e. The molecule has 5 heteroatoms. The van der Waals surface area contributed by atoms with Crippen LogP contribution >= 0.6 is 46.1 Å². The number of halogens is 3. The van der Waals surface area contributed by atoms with Crippen LogP contribution in [0.1, 0.15) is 42.8 Å². The third kappa shape index (κ3) is 3.49. The molecule has 1 nitrogen and oxygen atoms in total. The first kappa shape index (κ1) is 16.1. The molecular weight excluding hydrogens is 333 g/mol. The molecule has 108 valence electrons. The molecule has 2 aromatic rings. The van der Waals surface area contributed by atoms with Crippen molar-refractivity contribution in [3.05, 3.63) is 55.2 Å². The summed E-state index contributed by atoms with van der Waals surface area (Å²) in [6.45, 7) is 4.25. The van der Waals surface area contributed by atoms with Gasteiger partial charge in [-0.05, 0) is 36.4 Å². The molecule has 0 radical (unpaired) electrons. The largest absolute Gasteiger partial charge is 0.303 e. The van der Waals surface area contributed by atoms with E-state index in [2.05, 4.69) is 36.7 Å². The predicted octanol–water partition coefficient (Wildman–Crippen LogP) is 6.51. The Morgan fingerprint density at radius 2 is 1.90 bits per heavy atom. The molecule has 0 fully saturated rings. The molecule has 0 aliphatic heterocycles. The first-order valence-corrected chi connectivity index (χ1v) is 8.48. The Labute approximate surface area is 138 Å². The van der Waals surface area contributed by atoms with Gasteiger partial charge in [-0.25, -0.2) is 0 Å². The van der Waals surface area contributed by atoms with E-state index in [0.29, 0.717) is 21.1 Å². The number of rotatable bonds is 5. The van der Waals surface area contributed by atoms with Gasteiger partial charge in [-0.1, -0.05) is 53.9 Å².